The predicted molar refractivity (Wildman–Crippen MR) is 92.9 cm³/mol. The van der Waals surface area contributed by atoms with Crippen molar-refractivity contribution in [3.05, 3.63) is 23.8 Å². The molecule has 1 saturated heterocycles. The van der Waals surface area contributed by atoms with Gasteiger partial charge in [-0.25, -0.2) is 0 Å². The maximum absolute atomic E-state index is 12.1. The second kappa shape index (κ2) is 7.64. The summed E-state index contributed by atoms with van der Waals surface area (Å²) in [6, 6.07) is 5.94. The summed E-state index contributed by atoms with van der Waals surface area (Å²) < 4.78 is 11.4. The van der Waals surface area contributed by atoms with E-state index in [1.807, 2.05) is 35.7 Å². The molecule has 0 bridgehead atoms. The molecule has 3 nitrogen and oxygen atoms in total. The van der Waals surface area contributed by atoms with E-state index in [1.165, 1.54) is 29.9 Å². The van der Waals surface area contributed by atoms with Crippen molar-refractivity contribution < 1.29 is 14.3 Å². The average molecular weight is 338 g/mol. The zero-order valence-corrected chi connectivity index (χ0v) is 14.5. The molecule has 2 fully saturated rings. The molecule has 2 aliphatic rings. The number of hydrogen-bond acceptors (Lipinski definition) is 5. The van der Waals surface area contributed by atoms with Gasteiger partial charge in [0.2, 0.25) is 0 Å². The van der Waals surface area contributed by atoms with Crippen LogP contribution in [0.15, 0.2) is 18.2 Å². The van der Waals surface area contributed by atoms with E-state index in [4.69, 9.17) is 9.47 Å². The first kappa shape index (κ1) is 16.1. The lowest BCUT2D eigenvalue weighted by atomic mass is 10.0. The van der Waals surface area contributed by atoms with Crippen molar-refractivity contribution in [2.45, 2.75) is 36.7 Å². The minimum Gasteiger partial charge on any atom is -0.493 e. The highest BCUT2D eigenvalue weighted by Gasteiger charge is 2.22. The predicted octanol–water partition coefficient (Wildman–Crippen LogP) is 4.66. The summed E-state index contributed by atoms with van der Waals surface area (Å²) in [5.74, 6) is 3.95. The molecule has 1 aromatic carbocycles. The van der Waals surface area contributed by atoms with Crippen molar-refractivity contribution in [3.63, 3.8) is 0 Å². The van der Waals surface area contributed by atoms with Crippen LogP contribution in [0.5, 0.6) is 11.5 Å². The van der Waals surface area contributed by atoms with Crippen molar-refractivity contribution in [2.75, 3.05) is 18.6 Å². The maximum atomic E-state index is 12.1. The third-order valence-corrected chi connectivity index (χ3v) is 7.34. The average Bonchev–Trinajstić information content (AvgIpc) is 3.20. The van der Waals surface area contributed by atoms with Gasteiger partial charge in [-0.15, -0.1) is 23.5 Å². The van der Waals surface area contributed by atoms with Gasteiger partial charge >= 0.3 is 5.97 Å². The maximum Gasteiger partial charge on any atom is 0.311 e. The lowest BCUT2D eigenvalue weighted by Crippen LogP contribution is -2.13. The quantitative estimate of drug-likeness (QED) is 0.576. The van der Waals surface area contributed by atoms with Gasteiger partial charge in [-0.3, -0.25) is 4.79 Å². The van der Waals surface area contributed by atoms with Crippen LogP contribution in [0.3, 0.4) is 0 Å². The summed E-state index contributed by atoms with van der Waals surface area (Å²) in [6.07, 6.45) is 5.32. The Labute approximate surface area is 140 Å². The van der Waals surface area contributed by atoms with Gasteiger partial charge in [-0.2, -0.15) is 0 Å². The summed E-state index contributed by atoms with van der Waals surface area (Å²) in [6.45, 7) is 0. The van der Waals surface area contributed by atoms with Crippen LogP contribution in [-0.2, 0) is 4.79 Å². The molecule has 3 rings (SSSR count). The van der Waals surface area contributed by atoms with Gasteiger partial charge in [-0.05, 0) is 36.5 Å². The SMILES string of the molecule is COc1cc(C2SCCS2)ccc1OC(=O)CC1CCCC1. The molecule has 0 atom stereocenters. The minimum atomic E-state index is -0.137. The minimum absolute atomic E-state index is 0.137. The Morgan fingerprint density at radius 3 is 2.59 bits per heavy atom. The summed E-state index contributed by atoms with van der Waals surface area (Å²) in [5.41, 5.74) is 1.24. The number of esters is 1. The van der Waals surface area contributed by atoms with Gasteiger partial charge in [0.1, 0.15) is 0 Å². The number of thioether (sulfide) groups is 2. The molecule has 0 unspecified atom stereocenters. The van der Waals surface area contributed by atoms with Gasteiger partial charge in [0, 0.05) is 17.9 Å². The highest BCUT2D eigenvalue weighted by atomic mass is 32.2. The van der Waals surface area contributed by atoms with Crippen molar-refractivity contribution in [1.82, 2.24) is 0 Å². The van der Waals surface area contributed by atoms with Crippen LogP contribution in [-0.4, -0.2) is 24.6 Å². The van der Waals surface area contributed by atoms with E-state index in [2.05, 4.69) is 6.07 Å². The fraction of sp³-hybridized carbons (Fsp3) is 0.588. The van der Waals surface area contributed by atoms with Crippen LogP contribution in [0, 0.1) is 5.92 Å². The Balaban J connectivity index is 1.65. The number of hydrogen-bond donors (Lipinski definition) is 0. The number of rotatable bonds is 5. The molecule has 1 heterocycles. The van der Waals surface area contributed by atoms with Crippen molar-refractivity contribution in [3.8, 4) is 11.5 Å². The molecule has 0 aromatic heterocycles. The fourth-order valence-electron chi connectivity index (χ4n) is 3.08. The Bertz CT molecular complexity index is 521. The van der Waals surface area contributed by atoms with Gasteiger partial charge in [-0.1, -0.05) is 18.9 Å². The zero-order valence-electron chi connectivity index (χ0n) is 12.9. The number of carbonyl (C=O) groups is 1. The largest absolute Gasteiger partial charge is 0.493 e. The standard InChI is InChI=1S/C17H22O3S2/c1-19-15-11-13(17-21-8-9-22-17)6-7-14(15)20-16(18)10-12-4-2-3-5-12/h6-7,11-12,17H,2-5,8-10H2,1H3. The van der Waals surface area contributed by atoms with E-state index in [9.17, 15) is 4.79 Å². The molecule has 0 radical (unpaired) electrons. The molecule has 0 N–H and O–H groups in total. The summed E-state index contributed by atoms with van der Waals surface area (Å²) in [5, 5.41) is 0. The molecular formula is C17H22O3S2. The van der Waals surface area contributed by atoms with E-state index in [0.29, 0.717) is 28.4 Å². The molecule has 0 spiro atoms. The highest BCUT2D eigenvalue weighted by molar-refractivity contribution is 8.19. The van der Waals surface area contributed by atoms with E-state index in [0.717, 1.165) is 12.8 Å². The first-order valence-electron chi connectivity index (χ1n) is 7.88. The topological polar surface area (TPSA) is 35.5 Å². The fourth-order valence-corrected chi connectivity index (χ4v) is 5.92. The Kier molecular flexibility index (Phi) is 5.58. The normalized spacial score (nSPS) is 19.5. The Hall–Kier alpha value is -0.810. The van der Waals surface area contributed by atoms with Gasteiger partial charge in [0.15, 0.2) is 11.5 Å². The van der Waals surface area contributed by atoms with E-state index < -0.39 is 0 Å². The third kappa shape index (κ3) is 3.93. The highest BCUT2D eigenvalue weighted by Crippen LogP contribution is 2.47. The third-order valence-electron chi connectivity index (χ3n) is 4.24. The molecule has 1 aliphatic carbocycles. The van der Waals surface area contributed by atoms with E-state index in [-0.39, 0.29) is 5.97 Å². The van der Waals surface area contributed by atoms with E-state index >= 15 is 0 Å². The van der Waals surface area contributed by atoms with Crippen LogP contribution in [0.25, 0.3) is 0 Å². The zero-order chi connectivity index (χ0) is 15.4. The molecule has 0 amide bonds. The Morgan fingerprint density at radius 1 is 1.18 bits per heavy atom. The molecule has 1 saturated carbocycles. The van der Waals surface area contributed by atoms with Crippen molar-refractivity contribution in [1.29, 1.82) is 0 Å². The number of benzene rings is 1. The van der Waals surface area contributed by atoms with Crippen molar-refractivity contribution >= 4 is 29.5 Å². The summed E-state index contributed by atoms with van der Waals surface area (Å²) in [7, 11) is 1.63. The monoisotopic (exact) mass is 338 g/mol. The molecule has 1 aliphatic heterocycles. The number of carbonyl (C=O) groups excluding carboxylic acids is 1. The summed E-state index contributed by atoms with van der Waals surface area (Å²) >= 11 is 3.91. The van der Waals surface area contributed by atoms with Gasteiger partial charge in [0.05, 0.1) is 11.7 Å². The number of ether oxygens (including phenoxy) is 2. The second-order valence-corrected chi connectivity index (χ2v) is 8.54. The van der Waals surface area contributed by atoms with Gasteiger partial charge < -0.3 is 9.47 Å². The lowest BCUT2D eigenvalue weighted by Gasteiger charge is -2.14. The first-order valence-corrected chi connectivity index (χ1v) is 9.98. The lowest BCUT2D eigenvalue weighted by molar-refractivity contribution is -0.135. The number of methoxy groups -OCH3 is 1. The molecule has 5 heteroatoms. The first-order chi connectivity index (χ1) is 10.8. The van der Waals surface area contributed by atoms with Crippen LogP contribution in [0.4, 0.5) is 0 Å². The van der Waals surface area contributed by atoms with Crippen LogP contribution in [0.1, 0.15) is 42.2 Å². The summed E-state index contributed by atoms with van der Waals surface area (Å²) in [4.78, 5) is 12.1. The second-order valence-electron chi connectivity index (χ2n) is 5.81. The van der Waals surface area contributed by atoms with Crippen LogP contribution < -0.4 is 9.47 Å². The van der Waals surface area contributed by atoms with E-state index in [1.54, 1.807) is 7.11 Å². The van der Waals surface area contributed by atoms with Crippen LogP contribution in [0.2, 0.25) is 0 Å². The Morgan fingerprint density at radius 2 is 1.91 bits per heavy atom. The smallest absolute Gasteiger partial charge is 0.311 e. The molecule has 1 aromatic rings. The van der Waals surface area contributed by atoms with Crippen LogP contribution >= 0.6 is 23.5 Å². The molecular weight excluding hydrogens is 316 g/mol. The van der Waals surface area contributed by atoms with Crippen molar-refractivity contribution in [2.24, 2.45) is 5.92 Å². The molecule has 120 valence electrons. The molecule has 22 heavy (non-hydrogen) atoms. The van der Waals surface area contributed by atoms with Gasteiger partial charge in [0.25, 0.3) is 0 Å².